The quantitative estimate of drug-likeness (QED) is 0.811. The van der Waals surface area contributed by atoms with E-state index in [-0.39, 0.29) is 5.54 Å². The summed E-state index contributed by atoms with van der Waals surface area (Å²) in [6.45, 7) is 4.58. The minimum Gasteiger partial charge on any atom is -0.305 e. The van der Waals surface area contributed by atoms with Gasteiger partial charge < -0.3 is 5.32 Å². The summed E-state index contributed by atoms with van der Waals surface area (Å²) in [5.41, 5.74) is 1.49. The summed E-state index contributed by atoms with van der Waals surface area (Å²) < 4.78 is 0. The Morgan fingerprint density at radius 3 is 2.25 bits per heavy atom. The van der Waals surface area contributed by atoms with Gasteiger partial charge in [0.2, 0.25) is 0 Å². The lowest BCUT2D eigenvalue weighted by atomic mass is 9.89. The van der Waals surface area contributed by atoms with Crippen molar-refractivity contribution >= 4 is 0 Å². The van der Waals surface area contributed by atoms with E-state index in [4.69, 9.17) is 0 Å². The maximum Gasteiger partial charge on any atom is 0.0379 e. The molecule has 0 radical (unpaired) electrons. The van der Waals surface area contributed by atoms with Gasteiger partial charge in [-0.15, -0.1) is 0 Å². The smallest absolute Gasteiger partial charge is 0.0379 e. The molecule has 1 aromatic carbocycles. The van der Waals surface area contributed by atoms with Crippen LogP contribution in [0.5, 0.6) is 0 Å². The highest BCUT2D eigenvalue weighted by molar-refractivity contribution is 5.22. The second-order valence-electron chi connectivity index (χ2n) is 5.47. The fourth-order valence-corrected chi connectivity index (χ4v) is 2.70. The molecule has 1 fully saturated rings. The molecule has 0 spiro atoms. The summed E-state index contributed by atoms with van der Waals surface area (Å²) in [6, 6.07) is 11.5. The van der Waals surface area contributed by atoms with Crippen molar-refractivity contribution in [3.63, 3.8) is 0 Å². The maximum absolute atomic E-state index is 3.81. The van der Waals surface area contributed by atoms with Crippen molar-refractivity contribution in [3.05, 3.63) is 35.9 Å². The van der Waals surface area contributed by atoms with Gasteiger partial charge in [-0.2, -0.15) is 0 Å². The molecular formula is C15H23N. The standard InChI is InChI=1S/C15H23N/c1-15(2,13-9-5-3-6-10-13)16-14-11-7-4-8-12-14/h3,5-6,9-10,14,16H,4,7-8,11-12H2,1-2H3. The molecule has 88 valence electrons. The predicted octanol–water partition coefficient (Wildman–Crippen LogP) is 3.84. The van der Waals surface area contributed by atoms with Gasteiger partial charge in [-0.25, -0.2) is 0 Å². The van der Waals surface area contributed by atoms with E-state index in [2.05, 4.69) is 49.5 Å². The molecule has 1 N–H and O–H groups in total. The first kappa shape index (κ1) is 11.7. The van der Waals surface area contributed by atoms with Gasteiger partial charge in [-0.05, 0) is 32.3 Å². The molecule has 1 aliphatic rings. The second-order valence-corrected chi connectivity index (χ2v) is 5.47. The van der Waals surface area contributed by atoms with Gasteiger partial charge in [0.05, 0.1) is 0 Å². The lowest BCUT2D eigenvalue weighted by Gasteiger charge is -2.34. The summed E-state index contributed by atoms with van der Waals surface area (Å²) in [7, 11) is 0. The van der Waals surface area contributed by atoms with E-state index >= 15 is 0 Å². The molecule has 0 amide bonds. The first-order valence-corrected chi connectivity index (χ1v) is 6.52. The first-order valence-electron chi connectivity index (χ1n) is 6.52. The molecule has 0 saturated heterocycles. The maximum atomic E-state index is 3.81. The lowest BCUT2D eigenvalue weighted by Crippen LogP contribution is -2.44. The third-order valence-electron chi connectivity index (χ3n) is 3.67. The Balaban J connectivity index is 2.01. The fourth-order valence-electron chi connectivity index (χ4n) is 2.70. The average Bonchev–Trinajstić information content (AvgIpc) is 2.31. The molecule has 0 aromatic heterocycles. The van der Waals surface area contributed by atoms with Crippen molar-refractivity contribution in [1.29, 1.82) is 0 Å². The average molecular weight is 217 g/mol. The highest BCUT2D eigenvalue weighted by Gasteiger charge is 2.24. The molecule has 0 unspecified atom stereocenters. The lowest BCUT2D eigenvalue weighted by molar-refractivity contribution is 0.283. The van der Waals surface area contributed by atoms with Crippen LogP contribution >= 0.6 is 0 Å². The largest absolute Gasteiger partial charge is 0.305 e. The molecule has 1 saturated carbocycles. The molecule has 1 heteroatoms. The van der Waals surface area contributed by atoms with Crippen LogP contribution < -0.4 is 5.32 Å². The van der Waals surface area contributed by atoms with E-state index in [0.29, 0.717) is 6.04 Å². The minimum atomic E-state index is 0.100. The molecule has 0 atom stereocenters. The van der Waals surface area contributed by atoms with E-state index in [1.165, 1.54) is 37.7 Å². The molecule has 1 aliphatic carbocycles. The van der Waals surface area contributed by atoms with E-state index in [1.54, 1.807) is 0 Å². The van der Waals surface area contributed by atoms with Gasteiger partial charge in [0.15, 0.2) is 0 Å². The van der Waals surface area contributed by atoms with Crippen molar-refractivity contribution < 1.29 is 0 Å². The van der Waals surface area contributed by atoms with Crippen LogP contribution in [0, 0.1) is 0 Å². The van der Waals surface area contributed by atoms with Crippen molar-refractivity contribution in [2.75, 3.05) is 0 Å². The Bertz CT molecular complexity index is 309. The number of nitrogens with one attached hydrogen (secondary N) is 1. The zero-order valence-electron chi connectivity index (χ0n) is 10.5. The van der Waals surface area contributed by atoms with Gasteiger partial charge in [0.25, 0.3) is 0 Å². The van der Waals surface area contributed by atoms with Crippen LogP contribution in [-0.2, 0) is 5.54 Å². The molecule has 1 aromatic rings. The Kier molecular flexibility index (Phi) is 3.65. The van der Waals surface area contributed by atoms with Gasteiger partial charge in [-0.1, -0.05) is 49.6 Å². The number of rotatable bonds is 3. The summed E-state index contributed by atoms with van der Waals surface area (Å²) >= 11 is 0. The normalized spacial score (nSPS) is 18.6. The highest BCUT2D eigenvalue weighted by atomic mass is 15.0. The fraction of sp³-hybridized carbons (Fsp3) is 0.600. The van der Waals surface area contributed by atoms with Crippen LogP contribution in [0.4, 0.5) is 0 Å². The number of benzene rings is 1. The van der Waals surface area contributed by atoms with E-state index in [1.807, 2.05) is 0 Å². The summed E-state index contributed by atoms with van der Waals surface area (Å²) in [4.78, 5) is 0. The topological polar surface area (TPSA) is 12.0 Å². The van der Waals surface area contributed by atoms with Crippen LogP contribution in [0.1, 0.15) is 51.5 Å². The van der Waals surface area contributed by atoms with Gasteiger partial charge in [0.1, 0.15) is 0 Å². The van der Waals surface area contributed by atoms with E-state index in [9.17, 15) is 0 Å². The van der Waals surface area contributed by atoms with Crippen molar-refractivity contribution in [1.82, 2.24) is 5.32 Å². The Morgan fingerprint density at radius 2 is 1.62 bits per heavy atom. The van der Waals surface area contributed by atoms with Crippen molar-refractivity contribution in [2.45, 2.75) is 57.5 Å². The zero-order valence-corrected chi connectivity index (χ0v) is 10.5. The minimum absolute atomic E-state index is 0.100. The second kappa shape index (κ2) is 5.01. The predicted molar refractivity (Wildman–Crippen MR) is 69.5 cm³/mol. The summed E-state index contributed by atoms with van der Waals surface area (Å²) in [6.07, 6.45) is 6.89. The molecule has 0 heterocycles. The van der Waals surface area contributed by atoms with Crippen LogP contribution in [0.3, 0.4) is 0 Å². The van der Waals surface area contributed by atoms with Crippen molar-refractivity contribution in [3.8, 4) is 0 Å². The zero-order chi connectivity index (χ0) is 11.4. The molecule has 1 nitrogen and oxygen atoms in total. The van der Waals surface area contributed by atoms with E-state index in [0.717, 1.165) is 0 Å². The Hall–Kier alpha value is -0.820. The van der Waals surface area contributed by atoms with E-state index < -0.39 is 0 Å². The number of hydrogen-bond acceptors (Lipinski definition) is 1. The third kappa shape index (κ3) is 2.85. The number of hydrogen-bond donors (Lipinski definition) is 1. The molecule has 2 rings (SSSR count). The molecular weight excluding hydrogens is 194 g/mol. The van der Waals surface area contributed by atoms with Crippen LogP contribution in [0.25, 0.3) is 0 Å². The van der Waals surface area contributed by atoms with Crippen LogP contribution in [0.15, 0.2) is 30.3 Å². The van der Waals surface area contributed by atoms with Crippen molar-refractivity contribution in [2.24, 2.45) is 0 Å². The van der Waals surface area contributed by atoms with Crippen LogP contribution in [-0.4, -0.2) is 6.04 Å². The van der Waals surface area contributed by atoms with Gasteiger partial charge in [0, 0.05) is 11.6 Å². The van der Waals surface area contributed by atoms with Crippen LogP contribution in [0.2, 0.25) is 0 Å². The molecule has 0 bridgehead atoms. The Labute approximate surface area is 99.3 Å². The first-order chi connectivity index (χ1) is 7.68. The Morgan fingerprint density at radius 1 is 1.00 bits per heavy atom. The SMILES string of the molecule is CC(C)(NC1CCCCC1)c1ccccc1. The highest BCUT2D eigenvalue weighted by Crippen LogP contribution is 2.25. The summed E-state index contributed by atoms with van der Waals surface area (Å²) in [5.74, 6) is 0. The monoisotopic (exact) mass is 217 g/mol. The molecule has 16 heavy (non-hydrogen) atoms. The van der Waals surface area contributed by atoms with Gasteiger partial charge >= 0.3 is 0 Å². The third-order valence-corrected chi connectivity index (χ3v) is 3.67. The summed E-state index contributed by atoms with van der Waals surface area (Å²) in [5, 5.41) is 3.81. The molecule has 0 aliphatic heterocycles. The van der Waals surface area contributed by atoms with Gasteiger partial charge in [-0.3, -0.25) is 0 Å².